The first kappa shape index (κ1) is 20.8. The molecule has 7 heteroatoms. The highest BCUT2D eigenvalue weighted by Crippen LogP contribution is 2.51. The molecular formula is C23H30N4O3. The first-order valence-electron chi connectivity index (χ1n) is 10.7. The van der Waals surface area contributed by atoms with Crippen molar-refractivity contribution >= 4 is 11.9 Å². The summed E-state index contributed by atoms with van der Waals surface area (Å²) in [6.45, 7) is 7.43. The Morgan fingerprint density at radius 2 is 2.13 bits per heavy atom. The highest BCUT2D eigenvalue weighted by molar-refractivity contribution is 6.08. The lowest BCUT2D eigenvalue weighted by Gasteiger charge is -2.37. The zero-order valence-corrected chi connectivity index (χ0v) is 18.1. The first-order chi connectivity index (χ1) is 14.3. The van der Waals surface area contributed by atoms with E-state index in [0.29, 0.717) is 24.7 Å². The summed E-state index contributed by atoms with van der Waals surface area (Å²) >= 11 is 0. The monoisotopic (exact) mass is 410 g/mol. The predicted octanol–water partition coefficient (Wildman–Crippen LogP) is 2.18. The number of nitrogens with two attached hydrogens (primary N) is 1. The second-order valence-electron chi connectivity index (χ2n) is 9.14. The van der Waals surface area contributed by atoms with Crippen LogP contribution < -0.4 is 5.73 Å². The summed E-state index contributed by atoms with van der Waals surface area (Å²) in [5.74, 6) is 0.745. The smallest absolute Gasteiger partial charge is 0.262 e. The van der Waals surface area contributed by atoms with Crippen molar-refractivity contribution in [1.29, 1.82) is 5.26 Å². The van der Waals surface area contributed by atoms with Crippen LogP contribution >= 0.6 is 0 Å². The molecular weight excluding hydrogens is 380 g/mol. The van der Waals surface area contributed by atoms with Crippen LogP contribution in [0.4, 0.5) is 0 Å². The molecule has 3 aliphatic rings. The van der Waals surface area contributed by atoms with Gasteiger partial charge in [0, 0.05) is 13.0 Å². The third-order valence-electron chi connectivity index (χ3n) is 6.92. The minimum atomic E-state index is -1.06. The van der Waals surface area contributed by atoms with Crippen molar-refractivity contribution in [2.45, 2.75) is 51.3 Å². The van der Waals surface area contributed by atoms with Gasteiger partial charge in [-0.1, -0.05) is 26.8 Å². The second kappa shape index (κ2) is 7.68. The van der Waals surface area contributed by atoms with Crippen molar-refractivity contribution in [3.63, 3.8) is 0 Å². The van der Waals surface area contributed by atoms with Crippen molar-refractivity contribution in [2.24, 2.45) is 28.5 Å². The van der Waals surface area contributed by atoms with Gasteiger partial charge in [-0.2, -0.15) is 5.26 Å². The molecule has 0 aromatic heterocycles. The summed E-state index contributed by atoms with van der Waals surface area (Å²) < 4.78 is 11.1. The van der Waals surface area contributed by atoms with Crippen molar-refractivity contribution in [2.75, 3.05) is 20.3 Å². The Hall–Kier alpha value is -2.43. The third kappa shape index (κ3) is 3.01. The number of hydrogen-bond acceptors (Lipinski definition) is 6. The van der Waals surface area contributed by atoms with E-state index in [-0.39, 0.29) is 35.8 Å². The Bertz CT molecular complexity index is 918. The number of nitrogens with zero attached hydrogens (tertiary/aromatic N) is 3. The van der Waals surface area contributed by atoms with E-state index in [1.807, 2.05) is 18.2 Å². The normalized spacial score (nSPS) is 27.7. The molecule has 0 unspecified atom stereocenters. The number of benzene rings is 1. The average molecular weight is 411 g/mol. The fourth-order valence-corrected chi connectivity index (χ4v) is 5.55. The predicted molar refractivity (Wildman–Crippen MR) is 113 cm³/mol. The lowest BCUT2D eigenvalue weighted by Crippen LogP contribution is -2.57. The van der Waals surface area contributed by atoms with E-state index in [2.05, 4.69) is 26.8 Å². The van der Waals surface area contributed by atoms with E-state index in [1.165, 1.54) is 0 Å². The van der Waals surface area contributed by atoms with Gasteiger partial charge in [0.25, 0.3) is 5.91 Å². The quantitative estimate of drug-likeness (QED) is 0.775. The van der Waals surface area contributed by atoms with Crippen molar-refractivity contribution < 1.29 is 14.3 Å². The largest absolute Gasteiger partial charge is 0.381 e. The molecule has 1 aromatic carbocycles. The lowest BCUT2D eigenvalue weighted by molar-refractivity contribution is -0.142. The summed E-state index contributed by atoms with van der Waals surface area (Å²) in [7, 11) is 1.74. The number of aliphatic imine (C=N–C) groups is 1. The molecule has 0 saturated carbocycles. The Morgan fingerprint density at radius 1 is 1.40 bits per heavy atom. The van der Waals surface area contributed by atoms with E-state index >= 15 is 0 Å². The molecule has 4 atom stereocenters. The van der Waals surface area contributed by atoms with E-state index < -0.39 is 5.54 Å². The fourth-order valence-electron chi connectivity index (χ4n) is 5.55. The molecule has 1 aromatic rings. The van der Waals surface area contributed by atoms with Gasteiger partial charge in [0.2, 0.25) is 0 Å². The summed E-state index contributed by atoms with van der Waals surface area (Å²) in [5.41, 5.74) is 7.67. The summed E-state index contributed by atoms with van der Waals surface area (Å²) in [5, 5.41) is 9.44. The Morgan fingerprint density at radius 3 is 2.70 bits per heavy atom. The zero-order chi connectivity index (χ0) is 21.6. The summed E-state index contributed by atoms with van der Waals surface area (Å²) in [4.78, 5) is 20.3. The van der Waals surface area contributed by atoms with Gasteiger partial charge in [-0.15, -0.1) is 0 Å². The van der Waals surface area contributed by atoms with Crippen LogP contribution in [0, 0.1) is 29.1 Å². The van der Waals surface area contributed by atoms with E-state index in [0.717, 1.165) is 24.0 Å². The molecule has 30 heavy (non-hydrogen) atoms. The number of carbonyl (C=O) groups is 1. The highest BCUT2D eigenvalue weighted by Gasteiger charge is 2.60. The number of ether oxygens (including phenoxy) is 2. The first-order valence-corrected chi connectivity index (χ1v) is 10.7. The van der Waals surface area contributed by atoms with Crippen LogP contribution in [0.15, 0.2) is 23.2 Å². The van der Waals surface area contributed by atoms with Gasteiger partial charge in [0.15, 0.2) is 11.5 Å². The van der Waals surface area contributed by atoms with Gasteiger partial charge in [-0.3, -0.25) is 9.69 Å². The highest BCUT2D eigenvalue weighted by atomic mass is 16.5. The number of rotatable bonds is 6. The fraction of sp³-hybridized carbons (Fsp3) is 0.609. The SMILES string of the molecule is CO[C@@H](C(C)C)[C@@H](C)C[C@H]1Cc2ccc(C#N)cc2[C@]12N=C(N)N(C1COC1)C2=O. The molecule has 2 N–H and O–H groups in total. The van der Waals surface area contributed by atoms with Crippen LogP contribution in [0.5, 0.6) is 0 Å². The number of nitriles is 1. The molecule has 160 valence electrons. The van der Waals surface area contributed by atoms with Gasteiger partial charge in [-0.05, 0) is 47.9 Å². The van der Waals surface area contributed by atoms with Gasteiger partial charge in [0.1, 0.15) is 0 Å². The summed E-state index contributed by atoms with van der Waals surface area (Å²) in [6.07, 6.45) is 1.61. The molecule has 0 bridgehead atoms. The van der Waals surface area contributed by atoms with Crippen LogP contribution in [-0.2, 0) is 26.2 Å². The van der Waals surface area contributed by atoms with Gasteiger partial charge < -0.3 is 15.2 Å². The molecule has 0 radical (unpaired) electrons. The summed E-state index contributed by atoms with van der Waals surface area (Å²) in [6, 6.07) is 7.74. The molecule has 2 heterocycles. The van der Waals surface area contributed by atoms with Gasteiger partial charge in [0.05, 0.1) is 37.0 Å². The number of fused-ring (bicyclic) bond motifs is 2. The zero-order valence-electron chi connectivity index (χ0n) is 18.1. The minimum absolute atomic E-state index is 0.0371. The van der Waals surface area contributed by atoms with E-state index in [1.54, 1.807) is 12.0 Å². The van der Waals surface area contributed by atoms with Crippen LogP contribution in [0.3, 0.4) is 0 Å². The molecule has 1 amide bonds. The van der Waals surface area contributed by atoms with Crippen LogP contribution in [0.25, 0.3) is 0 Å². The van der Waals surface area contributed by atoms with Gasteiger partial charge in [-0.25, -0.2) is 4.99 Å². The number of guanidine groups is 1. The van der Waals surface area contributed by atoms with E-state index in [9.17, 15) is 10.1 Å². The van der Waals surface area contributed by atoms with Crippen molar-refractivity contribution in [1.82, 2.24) is 4.90 Å². The van der Waals surface area contributed by atoms with Crippen LogP contribution in [0.2, 0.25) is 0 Å². The third-order valence-corrected chi connectivity index (χ3v) is 6.92. The topological polar surface area (TPSA) is 101 Å². The number of hydrogen-bond donors (Lipinski definition) is 1. The standard InChI is InChI=1S/C23H30N4O3/c1-13(2)20(29-4)14(3)7-17-9-16-6-5-15(10-24)8-19(16)23(17)21(28)27(22(25)26-23)18-11-30-12-18/h5-6,8,13-14,17-18,20H,7,9,11-12H2,1-4H3,(H2,25,26)/t14-,17-,20-,23+/m0/s1. The second-order valence-corrected chi connectivity index (χ2v) is 9.14. The lowest BCUT2D eigenvalue weighted by atomic mass is 9.76. The maximum atomic E-state index is 13.9. The number of carbonyl (C=O) groups excluding carboxylic acids is 1. The molecule has 7 nitrogen and oxygen atoms in total. The minimum Gasteiger partial charge on any atom is -0.381 e. The maximum absolute atomic E-state index is 13.9. The maximum Gasteiger partial charge on any atom is 0.262 e. The molecule has 1 aliphatic carbocycles. The average Bonchev–Trinajstić information content (AvgIpc) is 3.10. The Labute approximate surface area is 177 Å². The Balaban J connectivity index is 1.76. The molecule has 1 spiro atoms. The van der Waals surface area contributed by atoms with E-state index in [4.69, 9.17) is 20.2 Å². The molecule has 1 saturated heterocycles. The molecule has 2 aliphatic heterocycles. The molecule has 1 fully saturated rings. The van der Waals surface area contributed by atoms with Crippen LogP contribution in [-0.4, -0.2) is 49.2 Å². The number of methoxy groups -OCH3 is 1. The molecule has 4 rings (SSSR count). The van der Waals surface area contributed by atoms with Crippen molar-refractivity contribution in [3.05, 3.63) is 34.9 Å². The van der Waals surface area contributed by atoms with Crippen LogP contribution in [0.1, 0.15) is 43.9 Å². The van der Waals surface area contributed by atoms with Gasteiger partial charge >= 0.3 is 0 Å². The van der Waals surface area contributed by atoms with Crippen molar-refractivity contribution in [3.8, 4) is 6.07 Å². The Kier molecular flexibility index (Phi) is 5.33. The number of amides is 1.